The molecular weight excluding hydrogens is 234 g/mol. The van der Waals surface area contributed by atoms with Crippen molar-refractivity contribution in [3.8, 4) is 11.8 Å². The molecule has 2 rings (SSSR count). The van der Waals surface area contributed by atoms with Crippen LogP contribution in [0.4, 0.5) is 0 Å². The smallest absolute Gasteiger partial charge is 0.120 e. The maximum absolute atomic E-state index is 9.75. The Balaban J connectivity index is 2.42. The van der Waals surface area contributed by atoms with Crippen LogP contribution in [0.5, 0.6) is 5.75 Å². The molecule has 0 bridgehead atoms. The Morgan fingerprint density at radius 2 is 1.88 bits per heavy atom. The van der Waals surface area contributed by atoms with Crippen molar-refractivity contribution < 1.29 is 5.11 Å². The molecule has 0 aliphatic heterocycles. The molecule has 0 saturated heterocycles. The Hall–Kier alpha value is -1.98. The van der Waals surface area contributed by atoms with Gasteiger partial charge < -0.3 is 5.11 Å². The first-order chi connectivity index (χ1) is 8.22. The van der Waals surface area contributed by atoms with Gasteiger partial charge in [-0.2, -0.15) is 5.26 Å². The second-order valence-electron chi connectivity index (χ2n) is 3.68. The van der Waals surface area contributed by atoms with Crippen LogP contribution in [0.3, 0.4) is 0 Å². The van der Waals surface area contributed by atoms with Gasteiger partial charge in [-0.25, -0.2) is 0 Å². The number of halogens is 1. The number of rotatable bonds is 2. The first kappa shape index (κ1) is 11.5. The van der Waals surface area contributed by atoms with Crippen LogP contribution in [0.15, 0.2) is 42.5 Å². The number of benzene rings is 2. The molecule has 0 spiro atoms. The molecule has 3 heteroatoms. The van der Waals surface area contributed by atoms with Crippen molar-refractivity contribution in [1.82, 2.24) is 0 Å². The second kappa shape index (κ2) is 4.90. The summed E-state index contributed by atoms with van der Waals surface area (Å²) in [6.07, 6.45) is 0.454. The van der Waals surface area contributed by atoms with Gasteiger partial charge in [0.15, 0.2) is 0 Å². The molecule has 0 atom stereocenters. The first-order valence-corrected chi connectivity index (χ1v) is 5.54. The van der Waals surface area contributed by atoms with E-state index in [0.29, 0.717) is 22.6 Å². The van der Waals surface area contributed by atoms with Crippen LogP contribution in [-0.4, -0.2) is 5.11 Å². The normalized spacial score (nSPS) is 9.88. The minimum Gasteiger partial charge on any atom is -0.508 e. The summed E-state index contributed by atoms with van der Waals surface area (Å²) in [4.78, 5) is 0. The predicted octanol–water partition coefficient (Wildman–Crippen LogP) is 3.51. The molecule has 0 aromatic heterocycles. The van der Waals surface area contributed by atoms with Crippen molar-refractivity contribution in [3.63, 3.8) is 0 Å². The monoisotopic (exact) mass is 243 g/mol. The molecule has 0 radical (unpaired) electrons. The van der Waals surface area contributed by atoms with E-state index < -0.39 is 0 Å². The maximum atomic E-state index is 9.75. The zero-order valence-electron chi connectivity index (χ0n) is 9.02. The van der Waals surface area contributed by atoms with Gasteiger partial charge in [-0.3, -0.25) is 0 Å². The average molecular weight is 244 g/mol. The third-order valence-electron chi connectivity index (χ3n) is 2.60. The number of hydrogen-bond acceptors (Lipinski definition) is 2. The van der Waals surface area contributed by atoms with Crippen molar-refractivity contribution in [3.05, 3.63) is 64.2 Å². The number of phenolic OH excluding ortho intramolecular Hbond substituents is 1. The number of phenols is 1. The number of nitrogens with zero attached hydrogens (tertiary/aromatic N) is 1. The summed E-state index contributed by atoms with van der Waals surface area (Å²) in [6.45, 7) is 0. The summed E-state index contributed by atoms with van der Waals surface area (Å²) in [6, 6.07) is 14.4. The van der Waals surface area contributed by atoms with E-state index in [-0.39, 0.29) is 5.75 Å². The van der Waals surface area contributed by atoms with Crippen LogP contribution >= 0.6 is 11.6 Å². The van der Waals surface area contributed by atoms with Crippen LogP contribution in [0.2, 0.25) is 5.02 Å². The van der Waals surface area contributed by atoms with Crippen molar-refractivity contribution in [2.24, 2.45) is 0 Å². The maximum Gasteiger partial charge on any atom is 0.120 e. The molecule has 0 aliphatic carbocycles. The Bertz CT molecular complexity index is 567. The molecule has 2 nitrogen and oxygen atoms in total. The quantitative estimate of drug-likeness (QED) is 0.877. The van der Waals surface area contributed by atoms with E-state index in [2.05, 4.69) is 6.07 Å². The second-order valence-corrected chi connectivity index (χ2v) is 4.09. The van der Waals surface area contributed by atoms with Gasteiger partial charge in [0, 0.05) is 17.0 Å². The molecule has 84 valence electrons. The van der Waals surface area contributed by atoms with E-state index >= 15 is 0 Å². The van der Waals surface area contributed by atoms with E-state index in [1.165, 1.54) is 0 Å². The van der Waals surface area contributed by atoms with Gasteiger partial charge >= 0.3 is 0 Å². The molecular formula is C14H10ClNO. The zero-order chi connectivity index (χ0) is 12.3. The highest BCUT2D eigenvalue weighted by atomic mass is 35.5. The molecule has 0 heterocycles. The molecule has 1 N–H and O–H groups in total. The summed E-state index contributed by atoms with van der Waals surface area (Å²) in [7, 11) is 0. The Morgan fingerprint density at radius 3 is 2.59 bits per heavy atom. The zero-order valence-corrected chi connectivity index (χ0v) is 9.78. The van der Waals surface area contributed by atoms with Gasteiger partial charge in [-0.1, -0.05) is 35.9 Å². The van der Waals surface area contributed by atoms with Crippen molar-refractivity contribution >= 4 is 11.6 Å². The van der Waals surface area contributed by atoms with Crippen molar-refractivity contribution in [2.45, 2.75) is 6.42 Å². The van der Waals surface area contributed by atoms with E-state index in [0.717, 1.165) is 5.56 Å². The summed E-state index contributed by atoms with van der Waals surface area (Å²) >= 11 is 6.03. The fourth-order valence-corrected chi connectivity index (χ4v) is 1.93. The van der Waals surface area contributed by atoms with Gasteiger partial charge in [-0.05, 0) is 23.8 Å². The van der Waals surface area contributed by atoms with Crippen molar-refractivity contribution in [2.75, 3.05) is 0 Å². The molecule has 0 amide bonds. The summed E-state index contributed by atoms with van der Waals surface area (Å²) < 4.78 is 0. The highest BCUT2D eigenvalue weighted by Crippen LogP contribution is 2.28. The molecule has 17 heavy (non-hydrogen) atoms. The fraction of sp³-hybridized carbons (Fsp3) is 0.0714. The average Bonchev–Trinajstić information content (AvgIpc) is 2.34. The summed E-state index contributed by atoms with van der Waals surface area (Å²) in [5, 5.41) is 19.3. The van der Waals surface area contributed by atoms with Gasteiger partial charge in [0.25, 0.3) is 0 Å². The molecule has 0 saturated carbocycles. The third kappa shape index (κ3) is 2.41. The Labute approximate surface area is 105 Å². The Kier molecular flexibility index (Phi) is 3.32. The topological polar surface area (TPSA) is 44.0 Å². The summed E-state index contributed by atoms with van der Waals surface area (Å²) in [5.41, 5.74) is 2.11. The van der Waals surface area contributed by atoms with Crippen molar-refractivity contribution in [1.29, 1.82) is 5.26 Å². The van der Waals surface area contributed by atoms with Gasteiger partial charge in [-0.15, -0.1) is 0 Å². The predicted molar refractivity (Wildman–Crippen MR) is 67.1 cm³/mol. The van der Waals surface area contributed by atoms with Gasteiger partial charge in [0.1, 0.15) is 5.75 Å². The number of aromatic hydroxyl groups is 1. The number of hydrogen-bond donors (Lipinski definition) is 1. The van der Waals surface area contributed by atoms with Crippen LogP contribution in [0.25, 0.3) is 0 Å². The third-order valence-corrected chi connectivity index (χ3v) is 2.95. The van der Waals surface area contributed by atoms with Crippen LogP contribution in [-0.2, 0) is 6.42 Å². The molecule has 0 aliphatic rings. The lowest BCUT2D eigenvalue weighted by Crippen LogP contribution is -1.93. The first-order valence-electron chi connectivity index (χ1n) is 5.16. The van der Waals surface area contributed by atoms with Crippen LogP contribution in [0, 0.1) is 11.3 Å². The Morgan fingerprint density at radius 1 is 1.12 bits per heavy atom. The lowest BCUT2D eigenvalue weighted by atomic mass is 10.00. The standard InChI is InChI=1S/C14H10ClNO/c15-13-6-3-7-14(17)12(13)8-10-4-1-2-5-11(10)9-16/h1-7,17H,8H2. The van der Waals surface area contributed by atoms with E-state index in [9.17, 15) is 5.11 Å². The van der Waals surface area contributed by atoms with Gasteiger partial charge in [0.2, 0.25) is 0 Å². The fourth-order valence-electron chi connectivity index (χ4n) is 1.70. The highest BCUT2D eigenvalue weighted by Gasteiger charge is 2.09. The largest absolute Gasteiger partial charge is 0.508 e. The number of nitriles is 1. The highest BCUT2D eigenvalue weighted by molar-refractivity contribution is 6.31. The lowest BCUT2D eigenvalue weighted by Gasteiger charge is -2.08. The molecule has 2 aromatic rings. The van der Waals surface area contributed by atoms with Gasteiger partial charge in [0.05, 0.1) is 11.6 Å². The lowest BCUT2D eigenvalue weighted by molar-refractivity contribution is 0.469. The summed E-state index contributed by atoms with van der Waals surface area (Å²) in [5.74, 6) is 0.158. The molecule has 2 aromatic carbocycles. The molecule has 0 unspecified atom stereocenters. The minimum atomic E-state index is 0.158. The van der Waals surface area contributed by atoms with Crippen LogP contribution in [0.1, 0.15) is 16.7 Å². The van der Waals surface area contributed by atoms with E-state index in [1.807, 2.05) is 18.2 Å². The van der Waals surface area contributed by atoms with E-state index in [1.54, 1.807) is 24.3 Å². The van der Waals surface area contributed by atoms with Crippen LogP contribution < -0.4 is 0 Å². The van der Waals surface area contributed by atoms with E-state index in [4.69, 9.17) is 16.9 Å². The SMILES string of the molecule is N#Cc1ccccc1Cc1c(O)cccc1Cl. The molecule has 0 fully saturated rings. The minimum absolute atomic E-state index is 0.158.